The molecule has 78 valence electrons. The number of hydrogen-bond donors (Lipinski definition) is 0. The van der Waals surface area contributed by atoms with Gasteiger partial charge in [-0.2, -0.15) is 0 Å². The zero-order chi connectivity index (χ0) is 11.5. The summed E-state index contributed by atoms with van der Waals surface area (Å²) in [5.74, 6) is 0. The molecule has 0 bridgehead atoms. The zero-order valence-corrected chi connectivity index (χ0v) is 9.49. The lowest BCUT2D eigenvalue weighted by Crippen LogP contribution is -2.17. The van der Waals surface area contributed by atoms with E-state index in [1.54, 1.807) is 12.1 Å². The SMILES string of the molecule is C=C(c1ccc(Cl)cc1)C(C)(C)N=[N+]=[N-]. The molecule has 0 aliphatic heterocycles. The third kappa shape index (κ3) is 2.75. The second kappa shape index (κ2) is 4.39. The fraction of sp³-hybridized carbons (Fsp3) is 0.273. The van der Waals surface area contributed by atoms with Crippen LogP contribution in [0.15, 0.2) is 36.0 Å². The summed E-state index contributed by atoms with van der Waals surface area (Å²) in [6.45, 7) is 7.58. The summed E-state index contributed by atoms with van der Waals surface area (Å²) in [5.41, 5.74) is 9.52. The number of halogens is 1. The molecule has 0 N–H and O–H groups in total. The Bertz CT molecular complexity index is 414. The van der Waals surface area contributed by atoms with E-state index in [0.717, 1.165) is 11.1 Å². The largest absolute Gasteiger partial charge is 0.0946 e. The minimum atomic E-state index is -0.622. The molecule has 1 aromatic carbocycles. The van der Waals surface area contributed by atoms with E-state index in [4.69, 9.17) is 17.1 Å². The highest BCUT2D eigenvalue weighted by atomic mass is 35.5. The summed E-state index contributed by atoms with van der Waals surface area (Å²) >= 11 is 5.78. The van der Waals surface area contributed by atoms with Gasteiger partial charge in [-0.05, 0) is 28.8 Å². The Labute approximate surface area is 94.0 Å². The standard InChI is InChI=1S/C11H12ClN3/c1-8(11(2,3)14-15-13)9-4-6-10(12)7-5-9/h4-7H,1H2,2-3H3. The molecular formula is C11H12ClN3. The van der Waals surface area contributed by atoms with Gasteiger partial charge >= 0.3 is 0 Å². The Kier molecular flexibility index (Phi) is 3.40. The van der Waals surface area contributed by atoms with Crippen LogP contribution in [0.2, 0.25) is 5.02 Å². The van der Waals surface area contributed by atoms with Crippen molar-refractivity contribution in [3.63, 3.8) is 0 Å². The molecule has 0 fully saturated rings. The van der Waals surface area contributed by atoms with Crippen molar-refractivity contribution in [2.24, 2.45) is 5.11 Å². The zero-order valence-electron chi connectivity index (χ0n) is 8.74. The third-order valence-corrected chi connectivity index (χ3v) is 2.48. The molecule has 1 rings (SSSR count). The summed E-state index contributed by atoms with van der Waals surface area (Å²) in [4.78, 5) is 2.81. The van der Waals surface area contributed by atoms with Gasteiger partial charge in [-0.1, -0.05) is 49.3 Å². The van der Waals surface area contributed by atoms with Crippen molar-refractivity contribution in [3.05, 3.63) is 51.9 Å². The lowest BCUT2D eigenvalue weighted by Gasteiger charge is -2.21. The van der Waals surface area contributed by atoms with Crippen LogP contribution in [0.1, 0.15) is 19.4 Å². The van der Waals surface area contributed by atoms with E-state index in [1.807, 2.05) is 26.0 Å². The molecule has 0 unspecified atom stereocenters. The monoisotopic (exact) mass is 221 g/mol. The Hall–Kier alpha value is -1.44. The fourth-order valence-corrected chi connectivity index (χ4v) is 1.30. The first-order valence-electron chi connectivity index (χ1n) is 4.49. The van der Waals surface area contributed by atoms with Gasteiger partial charge in [-0.3, -0.25) is 0 Å². The maximum Gasteiger partial charge on any atom is 0.0681 e. The lowest BCUT2D eigenvalue weighted by atomic mass is 9.90. The molecule has 0 radical (unpaired) electrons. The second-order valence-electron chi connectivity index (χ2n) is 3.73. The minimum absolute atomic E-state index is 0.622. The third-order valence-electron chi connectivity index (χ3n) is 2.23. The molecule has 0 saturated heterocycles. The first-order valence-corrected chi connectivity index (χ1v) is 4.87. The van der Waals surface area contributed by atoms with Crippen LogP contribution in [0.5, 0.6) is 0 Å². The van der Waals surface area contributed by atoms with Gasteiger partial charge in [-0.25, -0.2) is 0 Å². The molecule has 0 saturated carbocycles. The summed E-state index contributed by atoms with van der Waals surface area (Å²) in [6.07, 6.45) is 0. The number of azide groups is 1. The predicted octanol–water partition coefficient (Wildman–Crippen LogP) is 4.44. The Balaban J connectivity index is 3.04. The van der Waals surface area contributed by atoms with Crippen molar-refractivity contribution in [2.45, 2.75) is 19.4 Å². The number of rotatable bonds is 3. The average Bonchev–Trinajstić information content (AvgIpc) is 2.18. The highest BCUT2D eigenvalue weighted by Gasteiger charge is 2.20. The van der Waals surface area contributed by atoms with Crippen LogP contribution >= 0.6 is 11.6 Å². The molecule has 0 heterocycles. The predicted molar refractivity (Wildman–Crippen MR) is 63.7 cm³/mol. The molecule has 0 aliphatic rings. The smallest absolute Gasteiger partial charge is 0.0681 e. The van der Waals surface area contributed by atoms with E-state index < -0.39 is 5.54 Å². The molecule has 4 heteroatoms. The molecule has 0 amide bonds. The number of nitrogens with zero attached hydrogens (tertiary/aromatic N) is 3. The average molecular weight is 222 g/mol. The van der Waals surface area contributed by atoms with Crippen molar-refractivity contribution in [1.82, 2.24) is 0 Å². The van der Waals surface area contributed by atoms with Crippen molar-refractivity contribution in [3.8, 4) is 0 Å². The molecular weight excluding hydrogens is 210 g/mol. The molecule has 0 spiro atoms. The molecule has 15 heavy (non-hydrogen) atoms. The van der Waals surface area contributed by atoms with E-state index >= 15 is 0 Å². The van der Waals surface area contributed by atoms with Gasteiger partial charge in [0.05, 0.1) is 5.54 Å². The van der Waals surface area contributed by atoms with Crippen LogP contribution in [-0.2, 0) is 0 Å². The van der Waals surface area contributed by atoms with Crippen LogP contribution in [0, 0.1) is 0 Å². The minimum Gasteiger partial charge on any atom is -0.0946 e. The summed E-state index contributed by atoms with van der Waals surface area (Å²) in [7, 11) is 0. The van der Waals surface area contributed by atoms with Crippen LogP contribution < -0.4 is 0 Å². The van der Waals surface area contributed by atoms with Gasteiger partial charge in [0.25, 0.3) is 0 Å². The van der Waals surface area contributed by atoms with Gasteiger partial charge in [0.1, 0.15) is 0 Å². The van der Waals surface area contributed by atoms with E-state index in [2.05, 4.69) is 16.6 Å². The van der Waals surface area contributed by atoms with Gasteiger partial charge in [0, 0.05) is 9.93 Å². The highest BCUT2D eigenvalue weighted by molar-refractivity contribution is 6.30. The summed E-state index contributed by atoms with van der Waals surface area (Å²) in [5, 5.41) is 4.38. The molecule has 0 atom stereocenters. The Morgan fingerprint density at radius 1 is 1.40 bits per heavy atom. The second-order valence-corrected chi connectivity index (χ2v) is 4.17. The molecule has 0 aliphatic carbocycles. The van der Waals surface area contributed by atoms with Crippen LogP contribution in [-0.4, -0.2) is 5.54 Å². The van der Waals surface area contributed by atoms with Gasteiger partial charge in [0.2, 0.25) is 0 Å². The molecule has 0 aromatic heterocycles. The first-order chi connectivity index (χ1) is 6.97. The topological polar surface area (TPSA) is 48.8 Å². The maximum atomic E-state index is 8.44. The Morgan fingerprint density at radius 3 is 2.40 bits per heavy atom. The van der Waals surface area contributed by atoms with Crippen molar-refractivity contribution < 1.29 is 0 Å². The molecule has 3 nitrogen and oxygen atoms in total. The van der Waals surface area contributed by atoms with Crippen molar-refractivity contribution in [1.29, 1.82) is 0 Å². The number of hydrogen-bond acceptors (Lipinski definition) is 1. The van der Waals surface area contributed by atoms with Crippen LogP contribution in [0.3, 0.4) is 0 Å². The van der Waals surface area contributed by atoms with Crippen molar-refractivity contribution in [2.75, 3.05) is 0 Å². The summed E-state index contributed by atoms with van der Waals surface area (Å²) < 4.78 is 0. The van der Waals surface area contributed by atoms with Gasteiger partial charge < -0.3 is 0 Å². The van der Waals surface area contributed by atoms with E-state index in [0.29, 0.717) is 5.02 Å². The molecule has 1 aromatic rings. The quantitative estimate of drug-likeness (QED) is 0.412. The number of benzene rings is 1. The lowest BCUT2D eigenvalue weighted by molar-refractivity contribution is 0.670. The summed E-state index contributed by atoms with van der Waals surface area (Å²) in [6, 6.07) is 7.29. The Morgan fingerprint density at radius 2 is 1.93 bits per heavy atom. The highest BCUT2D eigenvalue weighted by Crippen LogP contribution is 2.29. The van der Waals surface area contributed by atoms with Gasteiger partial charge in [0.15, 0.2) is 0 Å². The van der Waals surface area contributed by atoms with E-state index in [-0.39, 0.29) is 0 Å². The van der Waals surface area contributed by atoms with E-state index in [9.17, 15) is 0 Å². The van der Waals surface area contributed by atoms with Crippen LogP contribution in [0.4, 0.5) is 0 Å². The first kappa shape index (κ1) is 11.6. The van der Waals surface area contributed by atoms with E-state index in [1.165, 1.54) is 0 Å². The van der Waals surface area contributed by atoms with Crippen LogP contribution in [0.25, 0.3) is 16.0 Å². The fourth-order valence-electron chi connectivity index (χ4n) is 1.18. The van der Waals surface area contributed by atoms with Gasteiger partial charge in [-0.15, -0.1) is 0 Å². The maximum absolute atomic E-state index is 8.44. The normalized spacial score (nSPS) is 10.6. The van der Waals surface area contributed by atoms with Crippen molar-refractivity contribution >= 4 is 17.2 Å².